The fraction of sp³-hybridized carbons (Fsp3) is 0.235. The molecule has 1 N–H and O–H groups in total. The lowest BCUT2D eigenvalue weighted by atomic mass is 10.1. The fourth-order valence-electron chi connectivity index (χ4n) is 2.21. The van der Waals surface area contributed by atoms with Crippen LogP contribution in [-0.2, 0) is 11.0 Å². The molecular formula is C17H12F3N3OS. The summed E-state index contributed by atoms with van der Waals surface area (Å²) in [5.74, 6) is -0.453. The van der Waals surface area contributed by atoms with Gasteiger partial charge in [-0.25, -0.2) is 4.98 Å². The summed E-state index contributed by atoms with van der Waals surface area (Å²) in [5.41, 5.74) is -1.20. The lowest BCUT2D eigenvalue weighted by Crippen LogP contribution is -2.17. The molecule has 2 aromatic rings. The summed E-state index contributed by atoms with van der Waals surface area (Å²) in [6, 6.07) is 6.34. The summed E-state index contributed by atoms with van der Waals surface area (Å²) < 4.78 is 38.9. The third-order valence-corrected chi connectivity index (χ3v) is 4.63. The highest BCUT2D eigenvalue weighted by atomic mass is 32.1. The van der Waals surface area contributed by atoms with Crippen LogP contribution in [0.2, 0.25) is 0 Å². The predicted octanol–water partition coefficient (Wildman–Crippen LogP) is 4.58. The van der Waals surface area contributed by atoms with Crippen molar-refractivity contribution < 1.29 is 18.0 Å². The van der Waals surface area contributed by atoms with Crippen molar-refractivity contribution in [2.24, 2.45) is 0 Å². The average Bonchev–Trinajstić information content (AvgIpc) is 3.31. The summed E-state index contributed by atoms with van der Waals surface area (Å²) >= 11 is 1.45. The Balaban J connectivity index is 1.81. The number of thiazole rings is 1. The number of aromatic nitrogens is 1. The first-order chi connectivity index (χ1) is 11.9. The van der Waals surface area contributed by atoms with Crippen LogP contribution in [0.4, 0.5) is 18.9 Å². The van der Waals surface area contributed by atoms with Gasteiger partial charge in [0.1, 0.15) is 11.6 Å². The second-order valence-electron chi connectivity index (χ2n) is 5.55. The Morgan fingerprint density at radius 2 is 2.08 bits per heavy atom. The van der Waals surface area contributed by atoms with Gasteiger partial charge in [0.15, 0.2) is 0 Å². The summed E-state index contributed by atoms with van der Waals surface area (Å²) in [7, 11) is 0. The normalized spacial score (nSPS) is 14.9. The number of anilines is 1. The van der Waals surface area contributed by atoms with Crippen LogP contribution in [0.25, 0.3) is 6.08 Å². The summed E-state index contributed by atoms with van der Waals surface area (Å²) in [4.78, 5) is 16.5. The highest BCUT2D eigenvalue weighted by molar-refractivity contribution is 7.09. The zero-order chi connectivity index (χ0) is 18.0. The van der Waals surface area contributed by atoms with Gasteiger partial charge < -0.3 is 5.32 Å². The Labute approximate surface area is 145 Å². The first kappa shape index (κ1) is 17.2. The number of nitrogens with one attached hydrogen (secondary N) is 1. The monoisotopic (exact) mass is 363 g/mol. The van der Waals surface area contributed by atoms with Gasteiger partial charge in [-0.2, -0.15) is 18.4 Å². The maximum atomic E-state index is 13.0. The maximum absolute atomic E-state index is 13.0. The number of alkyl halides is 3. The van der Waals surface area contributed by atoms with Crippen molar-refractivity contribution in [3.8, 4) is 6.07 Å². The smallest absolute Gasteiger partial charge is 0.321 e. The summed E-state index contributed by atoms with van der Waals surface area (Å²) in [5, 5.41) is 14.0. The van der Waals surface area contributed by atoms with E-state index in [1.165, 1.54) is 29.5 Å². The molecule has 0 radical (unpaired) electrons. The standard InChI is InChI=1S/C17H12F3N3OS/c18-17(19,20)13-3-1-2-4-14(13)23-15(24)11(8-21)7-12-9-25-16(22-12)10-5-6-10/h1-4,7,9-10H,5-6H2,(H,23,24)/b11-7-. The van der Waals surface area contributed by atoms with Gasteiger partial charge in [-0.3, -0.25) is 4.79 Å². The third-order valence-electron chi connectivity index (χ3n) is 3.60. The van der Waals surface area contributed by atoms with E-state index in [0.29, 0.717) is 11.6 Å². The predicted molar refractivity (Wildman–Crippen MR) is 87.8 cm³/mol. The number of hydrogen-bond acceptors (Lipinski definition) is 4. The van der Waals surface area contributed by atoms with Gasteiger partial charge in [0.25, 0.3) is 5.91 Å². The second kappa shape index (κ2) is 6.69. The number of carbonyl (C=O) groups is 1. The summed E-state index contributed by atoms with van der Waals surface area (Å²) in [6.07, 6.45) is -1.16. The Morgan fingerprint density at radius 1 is 1.36 bits per heavy atom. The topological polar surface area (TPSA) is 65.8 Å². The lowest BCUT2D eigenvalue weighted by molar-refractivity contribution is -0.137. The largest absolute Gasteiger partial charge is 0.418 e. The molecule has 25 heavy (non-hydrogen) atoms. The zero-order valence-corrected chi connectivity index (χ0v) is 13.6. The summed E-state index contributed by atoms with van der Waals surface area (Å²) in [6.45, 7) is 0. The fourth-order valence-corrected chi connectivity index (χ4v) is 3.16. The molecule has 0 atom stereocenters. The van der Waals surface area contributed by atoms with Crippen LogP contribution in [0.15, 0.2) is 35.2 Å². The van der Waals surface area contributed by atoms with E-state index >= 15 is 0 Å². The number of amides is 1. The van der Waals surface area contributed by atoms with E-state index in [-0.39, 0.29) is 5.57 Å². The van der Waals surface area contributed by atoms with Crippen LogP contribution >= 0.6 is 11.3 Å². The number of carbonyl (C=O) groups excluding carboxylic acids is 1. The van der Waals surface area contributed by atoms with Crippen molar-refractivity contribution in [1.29, 1.82) is 5.26 Å². The molecule has 0 unspecified atom stereocenters. The van der Waals surface area contributed by atoms with Crippen molar-refractivity contribution >= 4 is 29.0 Å². The Hall–Kier alpha value is -2.66. The minimum atomic E-state index is -4.60. The number of nitrogens with zero attached hydrogens (tertiary/aromatic N) is 2. The number of rotatable bonds is 4. The quantitative estimate of drug-likeness (QED) is 0.638. The van der Waals surface area contributed by atoms with Crippen molar-refractivity contribution in [1.82, 2.24) is 4.98 Å². The molecule has 0 bridgehead atoms. The molecule has 0 aliphatic heterocycles. The maximum Gasteiger partial charge on any atom is 0.418 e. The minimum absolute atomic E-state index is 0.301. The molecule has 1 fully saturated rings. The molecule has 1 aromatic heterocycles. The molecular weight excluding hydrogens is 351 g/mol. The molecule has 8 heteroatoms. The highest BCUT2D eigenvalue weighted by Crippen LogP contribution is 2.41. The SMILES string of the molecule is N#C/C(=C/c1csc(C2CC2)n1)C(=O)Nc1ccccc1C(F)(F)F. The van der Waals surface area contributed by atoms with Crippen LogP contribution in [0, 0.1) is 11.3 Å². The van der Waals surface area contributed by atoms with E-state index in [1.54, 1.807) is 11.4 Å². The third kappa shape index (κ3) is 4.06. The molecule has 3 rings (SSSR count). The van der Waals surface area contributed by atoms with E-state index in [0.717, 1.165) is 30.0 Å². The first-order valence-electron chi connectivity index (χ1n) is 7.43. The van der Waals surface area contributed by atoms with E-state index in [9.17, 15) is 18.0 Å². The van der Waals surface area contributed by atoms with Crippen LogP contribution in [0.3, 0.4) is 0 Å². The first-order valence-corrected chi connectivity index (χ1v) is 8.31. The van der Waals surface area contributed by atoms with Crippen LogP contribution in [0.5, 0.6) is 0 Å². The van der Waals surface area contributed by atoms with Gasteiger partial charge in [0.05, 0.1) is 22.0 Å². The number of benzene rings is 1. The van der Waals surface area contributed by atoms with Crippen molar-refractivity contribution in [2.45, 2.75) is 24.9 Å². The lowest BCUT2D eigenvalue weighted by Gasteiger charge is -2.13. The second-order valence-corrected chi connectivity index (χ2v) is 6.44. The van der Waals surface area contributed by atoms with E-state index in [1.807, 2.05) is 0 Å². The van der Waals surface area contributed by atoms with Gasteiger partial charge in [-0.05, 0) is 31.1 Å². The number of nitriles is 1. The van der Waals surface area contributed by atoms with E-state index < -0.39 is 23.3 Å². The minimum Gasteiger partial charge on any atom is -0.321 e. The van der Waals surface area contributed by atoms with Crippen LogP contribution in [-0.4, -0.2) is 10.9 Å². The van der Waals surface area contributed by atoms with Crippen molar-refractivity contribution in [3.63, 3.8) is 0 Å². The van der Waals surface area contributed by atoms with Gasteiger partial charge in [-0.1, -0.05) is 12.1 Å². The molecule has 4 nitrogen and oxygen atoms in total. The molecule has 0 spiro atoms. The Bertz CT molecular complexity index is 876. The van der Waals surface area contributed by atoms with Crippen molar-refractivity contribution in [3.05, 3.63) is 51.5 Å². The molecule has 1 aliphatic carbocycles. The van der Waals surface area contributed by atoms with Crippen LogP contribution in [0.1, 0.15) is 35.0 Å². The van der Waals surface area contributed by atoms with Crippen LogP contribution < -0.4 is 5.32 Å². The van der Waals surface area contributed by atoms with Gasteiger partial charge in [0.2, 0.25) is 0 Å². The Kier molecular flexibility index (Phi) is 4.59. The van der Waals surface area contributed by atoms with E-state index in [2.05, 4.69) is 10.3 Å². The van der Waals surface area contributed by atoms with Gasteiger partial charge >= 0.3 is 6.18 Å². The molecule has 1 aromatic carbocycles. The molecule has 1 aliphatic rings. The number of para-hydroxylation sites is 1. The molecule has 128 valence electrons. The molecule has 1 saturated carbocycles. The molecule has 0 saturated heterocycles. The number of hydrogen-bond donors (Lipinski definition) is 1. The van der Waals surface area contributed by atoms with Gasteiger partial charge in [0, 0.05) is 11.3 Å². The Morgan fingerprint density at radius 3 is 2.72 bits per heavy atom. The molecule has 1 amide bonds. The van der Waals surface area contributed by atoms with Gasteiger partial charge in [-0.15, -0.1) is 11.3 Å². The average molecular weight is 363 g/mol. The van der Waals surface area contributed by atoms with E-state index in [4.69, 9.17) is 5.26 Å². The number of halogens is 3. The highest BCUT2D eigenvalue weighted by Gasteiger charge is 2.33. The molecule has 1 heterocycles. The van der Waals surface area contributed by atoms with Crippen molar-refractivity contribution in [2.75, 3.05) is 5.32 Å². The zero-order valence-electron chi connectivity index (χ0n) is 12.8.